The fraction of sp³-hybridized carbons (Fsp3) is 0.455. The second-order valence-electron chi connectivity index (χ2n) is 4.46. The van der Waals surface area contributed by atoms with Crippen LogP contribution in [0.3, 0.4) is 0 Å². The second-order valence-corrected chi connectivity index (χ2v) is 6.30. The normalized spacial score (nSPS) is 11.8. The van der Waals surface area contributed by atoms with E-state index in [-0.39, 0.29) is 17.4 Å². The van der Waals surface area contributed by atoms with Crippen molar-refractivity contribution in [3.8, 4) is 0 Å². The predicted molar refractivity (Wildman–Crippen MR) is 67.6 cm³/mol. The van der Waals surface area contributed by atoms with Crippen molar-refractivity contribution >= 4 is 21.4 Å². The lowest BCUT2D eigenvalue weighted by Gasteiger charge is -2.12. The molecule has 102 valence electrons. The molecular formula is C11H16F2N2O2S. The maximum absolute atomic E-state index is 13.4. The summed E-state index contributed by atoms with van der Waals surface area (Å²) in [5.74, 6) is -1.81. The van der Waals surface area contributed by atoms with E-state index in [4.69, 9.17) is 5.73 Å². The van der Waals surface area contributed by atoms with Crippen LogP contribution in [0.4, 0.5) is 20.2 Å². The average molecular weight is 278 g/mol. The Hall–Kier alpha value is -1.37. The molecule has 0 saturated carbocycles. The Morgan fingerprint density at radius 3 is 2.44 bits per heavy atom. The molecule has 0 spiro atoms. The third kappa shape index (κ3) is 4.14. The molecule has 0 saturated heterocycles. The minimum Gasteiger partial charge on any atom is -0.397 e. The molecule has 0 aromatic heterocycles. The fourth-order valence-corrected chi connectivity index (χ4v) is 2.71. The second kappa shape index (κ2) is 5.51. The number of rotatable bonds is 5. The van der Waals surface area contributed by atoms with E-state index in [1.54, 1.807) is 0 Å². The molecule has 1 aromatic carbocycles. The van der Waals surface area contributed by atoms with Crippen molar-refractivity contribution in [3.63, 3.8) is 0 Å². The van der Waals surface area contributed by atoms with Gasteiger partial charge in [0.2, 0.25) is 10.0 Å². The number of anilines is 2. The van der Waals surface area contributed by atoms with E-state index in [1.807, 2.05) is 18.6 Å². The molecule has 0 fully saturated rings. The summed E-state index contributed by atoms with van der Waals surface area (Å²) in [5, 5.41) is 0. The quantitative estimate of drug-likeness (QED) is 0.812. The number of nitrogen functional groups attached to an aromatic ring is 1. The van der Waals surface area contributed by atoms with Crippen molar-refractivity contribution in [2.45, 2.75) is 20.3 Å². The van der Waals surface area contributed by atoms with Crippen LogP contribution in [0.1, 0.15) is 20.3 Å². The summed E-state index contributed by atoms with van der Waals surface area (Å²) in [7, 11) is -3.68. The highest BCUT2D eigenvalue weighted by molar-refractivity contribution is 7.92. The molecule has 18 heavy (non-hydrogen) atoms. The van der Waals surface area contributed by atoms with Crippen LogP contribution in [-0.4, -0.2) is 14.2 Å². The Labute approximate surface area is 105 Å². The number of benzene rings is 1. The number of hydrogen-bond acceptors (Lipinski definition) is 3. The van der Waals surface area contributed by atoms with E-state index < -0.39 is 27.3 Å². The van der Waals surface area contributed by atoms with E-state index in [2.05, 4.69) is 0 Å². The Morgan fingerprint density at radius 1 is 1.33 bits per heavy atom. The van der Waals surface area contributed by atoms with E-state index in [1.165, 1.54) is 0 Å². The highest BCUT2D eigenvalue weighted by Gasteiger charge is 2.17. The monoisotopic (exact) mass is 278 g/mol. The third-order valence-corrected chi connectivity index (χ3v) is 3.60. The molecule has 0 amide bonds. The van der Waals surface area contributed by atoms with Gasteiger partial charge >= 0.3 is 0 Å². The summed E-state index contributed by atoms with van der Waals surface area (Å²) in [5.41, 5.74) is 4.70. The maximum Gasteiger partial charge on any atom is 0.232 e. The van der Waals surface area contributed by atoms with Gasteiger partial charge in [-0.1, -0.05) is 13.8 Å². The van der Waals surface area contributed by atoms with Crippen LogP contribution in [0.25, 0.3) is 0 Å². The molecule has 0 heterocycles. The highest BCUT2D eigenvalue weighted by atomic mass is 32.2. The van der Waals surface area contributed by atoms with Gasteiger partial charge in [0.25, 0.3) is 0 Å². The lowest BCUT2D eigenvalue weighted by atomic mass is 10.2. The molecule has 0 unspecified atom stereocenters. The third-order valence-electron chi connectivity index (χ3n) is 2.31. The van der Waals surface area contributed by atoms with Crippen molar-refractivity contribution in [2.24, 2.45) is 5.92 Å². The van der Waals surface area contributed by atoms with E-state index in [9.17, 15) is 17.2 Å². The van der Waals surface area contributed by atoms with Gasteiger partial charge in [-0.25, -0.2) is 17.2 Å². The average Bonchev–Trinajstić information content (AvgIpc) is 2.21. The first-order valence-electron chi connectivity index (χ1n) is 5.46. The molecule has 3 N–H and O–H groups in total. The van der Waals surface area contributed by atoms with Gasteiger partial charge in [-0.2, -0.15) is 0 Å². The Kier molecular flexibility index (Phi) is 4.50. The van der Waals surface area contributed by atoms with Crippen LogP contribution >= 0.6 is 0 Å². The van der Waals surface area contributed by atoms with Crippen molar-refractivity contribution in [1.82, 2.24) is 0 Å². The number of hydrogen-bond donors (Lipinski definition) is 2. The zero-order valence-corrected chi connectivity index (χ0v) is 11.0. The van der Waals surface area contributed by atoms with Crippen LogP contribution in [0, 0.1) is 17.6 Å². The van der Waals surface area contributed by atoms with Crippen molar-refractivity contribution < 1.29 is 17.2 Å². The minimum absolute atomic E-state index is 0.138. The fourth-order valence-electron chi connectivity index (χ4n) is 1.30. The van der Waals surface area contributed by atoms with Crippen molar-refractivity contribution in [3.05, 3.63) is 23.8 Å². The first kappa shape index (κ1) is 14.7. The molecule has 0 bridgehead atoms. The van der Waals surface area contributed by atoms with Crippen LogP contribution in [0.2, 0.25) is 0 Å². The lowest BCUT2D eigenvalue weighted by Crippen LogP contribution is -2.19. The molecular weight excluding hydrogens is 262 g/mol. The zero-order valence-electron chi connectivity index (χ0n) is 10.2. The summed E-state index contributed by atoms with van der Waals surface area (Å²) >= 11 is 0. The van der Waals surface area contributed by atoms with Crippen molar-refractivity contribution in [2.75, 3.05) is 16.2 Å². The molecule has 0 aliphatic carbocycles. The van der Waals surface area contributed by atoms with E-state index >= 15 is 0 Å². The van der Waals surface area contributed by atoms with Gasteiger partial charge in [0.05, 0.1) is 11.4 Å². The first-order chi connectivity index (χ1) is 8.21. The number of sulfonamides is 1. The largest absolute Gasteiger partial charge is 0.397 e. The van der Waals surface area contributed by atoms with Crippen LogP contribution in [0.15, 0.2) is 12.1 Å². The molecule has 1 aromatic rings. The standard InChI is InChI=1S/C11H16F2N2O2S/c1-7(2)3-4-18(16,17)15-11-9(13)5-8(12)6-10(11)14/h5-7,15H,3-4,14H2,1-2H3. The zero-order chi connectivity index (χ0) is 13.9. The summed E-state index contributed by atoms with van der Waals surface area (Å²) in [6, 6.07) is 1.44. The molecule has 0 atom stereocenters. The van der Waals surface area contributed by atoms with Gasteiger partial charge in [0, 0.05) is 6.07 Å². The van der Waals surface area contributed by atoms with Crippen molar-refractivity contribution in [1.29, 1.82) is 0 Å². The van der Waals surface area contributed by atoms with Crippen LogP contribution < -0.4 is 10.5 Å². The van der Waals surface area contributed by atoms with Crippen LogP contribution in [-0.2, 0) is 10.0 Å². The molecule has 0 aliphatic rings. The highest BCUT2D eigenvalue weighted by Crippen LogP contribution is 2.25. The van der Waals surface area contributed by atoms with Gasteiger partial charge in [-0.15, -0.1) is 0 Å². The smallest absolute Gasteiger partial charge is 0.232 e. The molecule has 1 rings (SSSR count). The summed E-state index contributed by atoms with van der Waals surface area (Å²) in [6.07, 6.45) is 0.443. The molecule has 0 aliphatic heterocycles. The van der Waals surface area contributed by atoms with Gasteiger partial charge in [-0.3, -0.25) is 4.72 Å². The van der Waals surface area contributed by atoms with Crippen LogP contribution in [0.5, 0.6) is 0 Å². The van der Waals surface area contributed by atoms with E-state index in [0.717, 1.165) is 6.07 Å². The summed E-state index contributed by atoms with van der Waals surface area (Å²) in [4.78, 5) is 0. The first-order valence-corrected chi connectivity index (χ1v) is 7.11. The maximum atomic E-state index is 13.4. The molecule has 4 nitrogen and oxygen atoms in total. The summed E-state index contributed by atoms with van der Waals surface area (Å²) < 4.78 is 51.6. The Balaban J connectivity index is 2.91. The minimum atomic E-state index is -3.68. The Morgan fingerprint density at radius 2 is 1.94 bits per heavy atom. The van der Waals surface area contributed by atoms with E-state index in [0.29, 0.717) is 12.5 Å². The number of nitrogens with one attached hydrogen (secondary N) is 1. The predicted octanol–water partition coefficient (Wildman–Crippen LogP) is 2.33. The molecule has 7 heteroatoms. The van der Waals surface area contributed by atoms with Gasteiger partial charge in [0.15, 0.2) is 5.82 Å². The molecule has 0 radical (unpaired) electrons. The number of nitrogens with two attached hydrogens (primary N) is 1. The van der Waals surface area contributed by atoms with Gasteiger partial charge < -0.3 is 5.73 Å². The number of halogens is 2. The SMILES string of the molecule is CC(C)CCS(=O)(=O)Nc1c(N)cc(F)cc1F. The Bertz CT molecular complexity index is 507. The topological polar surface area (TPSA) is 72.2 Å². The summed E-state index contributed by atoms with van der Waals surface area (Å²) in [6.45, 7) is 3.75. The lowest BCUT2D eigenvalue weighted by molar-refractivity contribution is 0.574. The van der Waals surface area contributed by atoms with Gasteiger partial charge in [-0.05, 0) is 18.4 Å². The van der Waals surface area contributed by atoms with Gasteiger partial charge in [0.1, 0.15) is 11.5 Å².